The summed E-state index contributed by atoms with van der Waals surface area (Å²) < 4.78 is 20.8. The Kier molecular flexibility index (Phi) is 7.99. The van der Waals surface area contributed by atoms with Crippen molar-refractivity contribution in [2.24, 2.45) is 5.73 Å². The van der Waals surface area contributed by atoms with Crippen LogP contribution in [0.5, 0.6) is 11.5 Å². The van der Waals surface area contributed by atoms with Crippen LogP contribution in [0, 0.1) is 5.82 Å². The third-order valence-electron chi connectivity index (χ3n) is 4.07. The molecule has 0 saturated carbocycles. The molecule has 8 heteroatoms. The van der Waals surface area contributed by atoms with Crippen LogP contribution in [0.15, 0.2) is 54.9 Å². The molecule has 0 spiro atoms. The second-order valence-corrected chi connectivity index (χ2v) is 6.33. The molecular weight excluding hydrogens is 402 g/mol. The van der Waals surface area contributed by atoms with Gasteiger partial charge in [-0.2, -0.15) is 0 Å². The number of para-hydroxylation sites is 1. The zero-order valence-electron chi connectivity index (χ0n) is 15.2. The fraction of sp³-hybridized carbons (Fsp3) is 0.200. The summed E-state index contributed by atoms with van der Waals surface area (Å²) in [5, 5.41) is 3.35. The van der Waals surface area contributed by atoms with Crippen molar-refractivity contribution in [2.75, 3.05) is 5.32 Å². The number of nitrogens with two attached hydrogens (primary N) is 1. The van der Waals surface area contributed by atoms with Gasteiger partial charge in [-0.25, -0.2) is 14.4 Å². The van der Waals surface area contributed by atoms with E-state index >= 15 is 4.39 Å². The van der Waals surface area contributed by atoms with Gasteiger partial charge >= 0.3 is 0 Å². The molecule has 0 radical (unpaired) electrons. The van der Waals surface area contributed by atoms with E-state index in [0.717, 1.165) is 5.56 Å². The summed E-state index contributed by atoms with van der Waals surface area (Å²) >= 11 is 6.17. The topological polar surface area (TPSA) is 73.1 Å². The van der Waals surface area contributed by atoms with E-state index in [1.165, 1.54) is 0 Å². The minimum atomic E-state index is -0.510. The predicted molar refractivity (Wildman–Crippen MR) is 112 cm³/mol. The van der Waals surface area contributed by atoms with Gasteiger partial charge in [0, 0.05) is 30.1 Å². The van der Waals surface area contributed by atoms with Crippen LogP contribution in [-0.4, -0.2) is 9.97 Å². The van der Waals surface area contributed by atoms with Gasteiger partial charge in [0.25, 0.3) is 0 Å². The van der Waals surface area contributed by atoms with Gasteiger partial charge in [0.15, 0.2) is 11.6 Å². The molecule has 1 heterocycles. The van der Waals surface area contributed by atoms with Crippen molar-refractivity contribution in [3.63, 3.8) is 0 Å². The fourth-order valence-electron chi connectivity index (χ4n) is 2.61. The van der Waals surface area contributed by atoms with Gasteiger partial charge in [0.05, 0.1) is 11.1 Å². The van der Waals surface area contributed by atoms with Gasteiger partial charge in [0.1, 0.15) is 5.75 Å². The van der Waals surface area contributed by atoms with Crippen molar-refractivity contribution in [3.05, 3.63) is 76.8 Å². The van der Waals surface area contributed by atoms with Gasteiger partial charge in [-0.1, -0.05) is 42.8 Å². The number of ether oxygens (including phenoxy) is 1. The van der Waals surface area contributed by atoms with Crippen molar-refractivity contribution in [2.45, 2.75) is 25.9 Å². The summed E-state index contributed by atoms with van der Waals surface area (Å²) in [6.07, 6.45) is 3.90. The Morgan fingerprint density at radius 1 is 1.14 bits per heavy atom. The summed E-state index contributed by atoms with van der Waals surface area (Å²) in [6.45, 7) is 2.31. The minimum Gasteiger partial charge on any atom is -0.453 e. The Morgan fingerprint density at radius 2 is 1.82 bits per heavy atom. The number of rotatable bonds is 7. The minimum absolute atomic E-state index is 0. The maximum atomic E-state index is 15.2. The standard InChI is InChI=1S/C20H20ClFN4O.ClH/c1-2-17(26-20-24-11-13(10-23)12-25-20)15-8-9-16(21)19(18(15)22)27-14-6-4-3-5-7-14;/h3-9,11-12,17H,2,10,23H2,1H3,(H,24,25,26);1H/t17-;/m1./s1. The average Bonchev–Trinajstić information content (AvgIpc) is 2.71. The largest absolute Gasteiger partial charge is 0.453 e. The lowest BCUT2D eigenvalue weighted by molar-refractivity contribution is 0.435. The first-order valence-electron chi connectivity index (χ1n) is 8.60. The lowest BCUT2D eigenvalue weighted by atomic mass is 10.0. The van der Waals surface area contributed by atoms with Crippen LogP contribution in [-0.2, 0) is 6.54 Å². The van der Waals surface area contributed by atoms with E-state index in [2.05, 4.69) is 15.3 Å². The summed E-state index contributed by atoms with van der Waals surface area (Å²) in [6, 6.07) is 11.9. The van der Waals surface area contributed by atoms with E-state index in [1.54, 1.807) is 36.7 Å². The van der Waals surface area contributed by atoms with E-state index in [4.69, 9.17) is 22.1 Å². The summed E-state index contributed by atoms with van der Waals surface area (Å²) in [4.78, 5) is 8.44. The fourth-order valence-corrected chi connectivity index (χ4v) is 2.79. The zero-order valence-corrected chi connectivity index (χ0v) is 16.8. The highest BCUT2D eigenvalue weighted by Gasteiger charge is 2.21. The molecule has 0 aliphatic heterocycles. The quantitative estimate of drug-likeness (QED) is 0.525. The molecule has 1 aromatic heterocycles. The average molecular weight is 423 g/mol. The molecule has 3 rings (SSSR count). The van der Waals surface area contributed by atoms with Gasteiger partial charge in [-0.3, -0.25) is 0 Å². The normalized spacial score (nSPS) is 11.4. The number of hydrogen-bond donors (Lipinski definition) is 2. The summed E-state index contributed by atoms with van der Waals surface area (Å²) in [5.74, 6) is 0.403. The number of nitrogens with zero attached hydrogens (tertiary/aromatic N) is 2. The zero-order chi connectivity index (χ0) is 19.2. The van der Waals surface area contributed by atoms with Gasteiger partial charge < -0.3 is 15.8 Å². The van der Waals surface area contributed by atoms with Crippen LogP contribution in [0.2, 0.25) is 5.02 Å². The van der Waals surface area contributed by atoms with E-state index in [-0.39, 0.29) is 29.2 Å². The van der Waals surface area contributed by atoms with Crippen molar-refractivity contribution in [1.82, 2.24) is 9.97 Å². The molecule has 0 saturated heterocycles. The number of anilines is 1. The molecule has 28 heavy (non-hydrogen) atoms. The smallest absolute Gasteiger partial charge is 0.223 e. The second kappa shape index (κ2) is 10.2. The van der Waals surface area contributed by atoms with Crippen LogP contribution in [0.1, 0.15) is 30.5 Å². The first-order valence-corrected chi connectivity index (χ1v) is 8.98. The molecule has 2 aromatic carbocycles. The number of nitrogens with one attached hydrogen (secondary N) is 1. The van der Waals surface area contributed by atoms with E-state index < -0.39 is 5.82 Å². The SMILES string of the molecule is CC[C@@H](Nc1ncc(CN)cn1)c1ccc(Cl)c(Oc2ccccc2)c1F.Cl. The maximum absolute atomic E-state index is 15.2. The molecule has 0 unspecified atom stereocenters. The van der Waals surface area contributed by atoms with Crippen molar-refractivity contribution in [3.8, 4) is 11.5 Å². The van der Waals surface area contributed by atoms with Crippen molar-refractivity contribution < 1.29 is 9.13 Å². The predicted octanol–water partition coefficient (Wildman–Crippen LogP) is 5.51. The third kappa shape index (κ3) is 5.10. The molecular formula is C20H21Cl2FN4O. The first kappa shape index (κ1) is 21.9. The molecule has 5 nitrogen and oxygen atoms in total. The highest BCUT2D eigenvalue weighted by atomic mass is 35.5. The summed E-state index contributed by atoms with van der Waals surface area (Å²) in [5.41, 5.74) is 6.81. The van der Waals surface area contributed by atoms with Crippen molar-refractivity contribution in [1.29, 1.82) is 0 Å². The number of aromatic nitrogens is 2. The van der Waals surface area contributed by atoms with Gasteiger partial charge in [-0.15, -0.1) is 12.4 Å². The van der Waals surface area contributed by atoms with Crippen LogP contribution in [0.25, 0.3) is 0 Å². The molecule has 0 amide bonds. The summed E-state index contributed by atoms with van der Waals surface area (Å²) in [7, 11) is 0. The Balaban J connectivity index is 0.00000280. The van der Waals surface area contributed by atoms with Crippen LogP contribution < -0.4 is 15.8 Å². The molecule has 1 atom stereocenters. The van der Waals surface area contributed by atoms with E-state index in [1.807, 2.05) is 25.1 Å². The Hall–Kier alpha value is -2.41. The molecule has 0 fully saturated rings. The molecule has 148 valence electrons. The highest BCUT2D eigenvalue weighted by molar-refractivity contribution is 6.32. The Bertz CT molecular complexity index is 895. The van der Waals surface area contributed by atoms with Crippen LogP contribution in [0.3, 0.4) is 0 Å². The van der Waals surface area contributed by atoms with Gasteiger partial charge in [-0.05, 0) is 24.6 Å². The number of halogens is 3. The molecule has 0 aliphatic carbocycles. The third-order valence-corrected chi connectivity index (χ3v) is 4.37. The second-order valence-electron chi connectivity index (χ2n) is 5.92. The van der Waals surface area contributed by atoms with Crippen molar-refractivity contribution >= 4 is 30.0 Å². The van der Waals surface area contributed by atoms with Crippen LogP contribution >= 0.6 is 24.0 Å². The lowest BCUT2D eigenvalue weighted by Gasteiger charge is -2.20. The first-order chi connectivity index (χ1) is 13.1. The Morgan fingerprint density at radius 3 is 2.43 bits per heavy atom. The molecule has 0 aliphatic rings. The molecule has 3 N–H and O–H groups in total. The van der Waals surface area contributed by atoms with Gasteiger partial charge in [0.2, 0.25) is 5.95 Å². The van der Waals surface area contributed by atoms with E-state index in [0.29, 0.717) is 30.2 Å². The number of hydrogen-bond acceptors (Lipinski definition) is 5. The maximum Gasteiger partial charge on any atom is 0.223 e. The lowest BCUT2D eigenvalue weighted by Crippen LogP contribution is -2.14. The Labute approximate surface area is 174 Å². The van der Waals surface area contributed by atoms with Crippen LogP contribution in [0.4, 0.5) is 10.3 Å². The highest BCUT2D eigenvalue weighted by Crippen LogP contribution is 2.37. The van der Waals surface area contributed by atoms with E-state index in [9.17, 15) is 0 Å². The number of benzene rings is 2. The molecule has 3 aromatic rings. The molecule has 0 bridgehead atoms. The monoisotopic (exact) mass is 422 g/mol.